The molecule has 0 bridgehead atoms. The molecule has 0 fully saturated rings. The van der Waals surface area contributed by atoms with Gasteiger partial charge < -0.3 is 15.4 Å². The van der Waals surface area contributed by atoms with Crippen molar-refractivity contribution < 1.29 is 10.0 Å². The Morgan fingerprint density at radius 3 is 2.53 bits per heavy atom. The van der Waals surface area contributed by atoms with Gasteiger partial charge in [-0.15, -0.1) is 0 Å². The predicted octanol–water partition coefficient (Wildman–Crippen LogP) is 0.0584. The van der Waals surface area contributed by atoms with Gasteiger partial charge in [-0.25, -0.2) is 0 Å². The number of nitrogens with zero attached hydrogens (tertiary/aromatic N) is 1. The standard InChI is InChI=1S/C10H13BN2O2/c1-7(2)13-10-5-9(11(14)15)4-3-8(10)6-12/h3-5,7,13-15H,1-2H3. The highest BCUT2D eigenvalue weighted by atomic mass is 16.4. The van der Waals surface area contributed by atoms with Crippen LogP contribution < -0.4 is 10.8 Å². The van der Waals surface area contributed by atoms with E-state index in [1.54, 1.807) is 12.1 Å². The van der Waals surface area contributed by atoms with Gasteiger partial charge in [-0.3, -0.25) is 0 Å². The fourth-order valence-corrected chi connectivity index (χ4v) is 1.25. The molecule has 0 aliphatic carbocycles. The first-order valence-electron chi connectivity index (χ1n) is 4.71. The molecular formula is C10H13BN2O2. The van der Waals surface area contributed by atoms with Crippen LogP contribution in [0.5, 0.6) is 0 Å². The first-order valence-corrected chi connectivity index (χ1v) is 4.71. The molecule has 0 amide bonds. The lowest BCUT2D eigenvalue weighted by atomic mass is 9.79. The molecule has 0 radical (unpaired) electrons. The van der Waals surface area contributed by atoms with Crippen molar-refractivity contribution in [3.05, 3.63) is 23.8 Å². The Balaban J connectivity index is 3.09. The second-order valence-electron chi connectivity index (χ2n) is 3.59. The minimum Gasteiger partial charge on any atom is -0.423 e. The molecule has 5 heteroatoms. The van der Waals surface area contributed by atoms with E-state index < -0.39 is 7.12 Å². The van der Waals surface area contributed by atoms with Crippen LogP contribution in [0.1, 0.15) is 19.4 Å². The van der Waals surface area contributed by atoms with E-state index in [0.717, 1.165) is 0 Å². The highest BCUT2D eigenvalue weighted by molar-refractivity contribution is 6.58. The fourth-order valence-electron chi connectivity index (χ4n) is 1.25. The van der Waals surface area contributed by atoms with Crippen molar-refractivity contribution in [3.63, 3.8) is 0 Å². The molecule has 0 atom stereocenters. The summed E-state index contributed by atoms with van der Waals surface area (Å²) in [6.07, 6.45) is 0. The van der Waals surface area contributed by atoms with Crippen molar-refractivity contribution in [2.45, 2.75) is 19.9 Å². The molecule has 15 heavy (non-hydrogen) atoms. The van der Waals surface area contributed by atoms with Crippen molar-refractivity contribution in [1.29, 1.82) is 5.26 Å². The van der Waals surface area contributed by atoms with Gasteiger partial charge in [-0.05, 0) is 31.4 Å². The molecule has 0 heterocycles. The van der Waals surface area contributed by atoms with Crippen LogP contribution in [0.3, 0.4) is 0 Å². The summed E-state index contributed by atoms with van der Waals surface area (Å²) in [6, 6.07) is 6.89. The molecule has 1 rings (SSSR count). The lowest BCUT2D eigenvalue weighted by Gasteiger charge is -2.12. The molecular weight excluding hydrogens is 191 g/mol. The molecule has 0 unspecified atom stereocenters. The fraction of sp³-hybridized carbons (Fsp3) is 0.300. The second kappa shape index (κ2) is 4.83. The Kier molecular flexibility index (Phi) is 3.72. The summed E-state index contributed by atoms with van der Waals surface area (Å²) < 4.78 is 0. The number of nitrogens with one attached hydrogen (secondary N) is 1. The number of nitriles is 1. The highest BCUT2D eigenvalue weighted by Gasteiger charge is 2.13. The minimum atomic E-state index is -1.51. The zero-order valence-electron chi connectivity index (χ0n) is 8.73. The molecule has 0 saturated heterocycles. The number of rotatable bonds is 3. The van der Waals surface area contributed by atoms with Gasteiger partial charge in [0, 0.05) is 6.04 Å². The maximum Gasteiger partial charge on any atom is 0.488 e. The van der Waals surface area contributed by atoms with Crippen molar-refractivity contribution in [3.8, 4) is 6.07 Å². The molecule has 3 N–H and O–H groups in total. The third-order valence-electron chi connectivity index (χ3n) is 1.91. The van der Waals surface area contributed by atoms with Gasteiger partial charge in [-0.1, -0.05) is 6.07 Å². The first-order chi connectivity index (χ1) is 7.04. The number of hydrogen-bond acceptors (Lipinski definition) is 4. The molecule has 0 saturated carbocycles. The number of benzene rings is 1. The predicted molar refractivity (Wildman–Crippen MR) is 59.7 cm³/mol. The van der Waals surface area contributed by atoms with E-state index in [-0.39, 0.29) is 6.04 Å². The lowest BCUT2D eigenvalue weighted by molar-refractivity contribution is 0.426. The summed E-state index contributed by atoms with van der Waals surface area (Å²) in [4.78, 5) is 0. The van der Waals surface area contributed by atoms with E-state index in [1.165, 1.54) is 6.07 Å². The Labute approximate surface area is 89.3 Å². The van der Waals surface area contributed by atoms with E-state index in [9.17, 15) is 0 Å². The molecule has 0 aromatic heterocycles. The van der Waals surface area contributed by atoms with E-state index >= 15 is 0 Å². The van der Waals surface area contributed by atoms with Crippen LogP contribution in [0.25, 0.3) is 0 Å². The molecule has 1 aromatic carbocycles. The zero-order chi connectivity index (χ0) is 11.4. The van der Waals surface area contributed by atoms with Crippen molar-refractivity contribution >= 4 is 18.3 Å². The van der Waals surface area contributed by atoms with E-state index in [4.69, 9.17) is 15.3 Å². The molecule has 1 aromatic rings. The zero-order valence-corrected chi connectivity index (χ0v) is 8.73. The summed E-state index contributed by atoms with van der Waals surface area (Å²) in [6.45, 7) is 3.90. The SMILES string of the molecule is CC(C)Nc1cc(B(O)O)ccc1C#N. The van der Waals surface area contributed by atoms with Gasteiger partial charge in [0.05, 0.1) is 11.3 Å². The first kappa shape index (κ1) is 11.6. The summed E-state index contributed by atoms with van der Waals surface area (Å²) >= 11 is 0. The summed E-state index contributed by atoms with van der Waals surface area (Å²) in [5.74, 6) is 0. The van der Waals surface area contributed by atoms with Crippen LogP contribution >= 0.6 is 0 Å². The maximum atomic E-state index is 8.99. The summed E-state index contributed by atoms with van der Waals surface area (Å²) in [5, 5.41) is 29.9. The Hall–Kier alpha value is -1.51. The van der Waals surface area contributed by atoms with Crippen molar-refractivity contribution in [2.75, 3.05) is 5.32 Å². The van der Waals surface area contributed by atoms with Crippen molar-refractivity contribution in [2.24, 2.45) is 0 Å². The summed E-state index contributed by atoms with van der Waals surface area (Å²) in [5.41, 5.74) is 1.49. The van der Waals surface area contributed by atoms with Crippen LogP contribution in [0.15, 0.2) is 18.2 Å². The van der Waals surface area contributed by atoms with Crippen LogP contribution in [0.4, 0.5) is 5.69 Å². The van der Waals surface area contributed by atoms with E-state index in [2.05, 4.69) is 5.32 Å². The van der Waals surface area contributed by atoms with Crippen LogP contribution in [-0.4, -0.2) is 23.2 Å². The van der Waals surface area contributed by atoms with Crippen LogP contribution in [-0.2, 0) is 0 Å². The quantitative estimate of drug-likeness (QED) is 0.608. The van der Waals surface area contributed by atoms with Crippen LogP contribution in [0.2, 0.25) is 0 Å². The van der Waals surface area contributed by atoms with Gasteiger partial charge >= 0.3 is 7.12 Å². The number of anilines is 1. The van der Waals surface area contributed by atoms with Gasteiger partial charge in [-0.2, -0.15) is 5.26 Å². The van der Waals surface area contributed by atoms with Gasteiger partial charge in [0.25, 0.3) is 0 Å². The molecule has 4 nitrogen and oxygen atoms in total. The smallest absolute Gasteiger partial charge is 0.423 e. The monoisotopic (exact) mass is 204 g/mol. The third-order valence-corrected chi connectivity index (χ3v) is 1.91. The maximum absolute atomic E-state index is 8.99. The second-order valence-corrected chi connectivity index (χ2v) is 3.59. The highest BCUT2D eigenvalue weighted by Crippen LogP contribution is 2.13. The van der Waals surface area contributed by atoms with Gasteiger partial charge in [0.15, 0.2) is 0 Å². The Morgan fingerprint density at radius 2 is 2.07 bits per heavy atom. The van der Waals surface area contributed by atoms with E-state index in [1.807, 2.05) is 19.9 Å². The van der Waals surface area contributed by atoms with Gasteiger partial charge in [0.2, 0.25) is 0 Å². The normalized spacial score (nSPS) is 9.87. The molecule has 0 spiro atoms. The molecule has 78 valence electrons. The number of hydrogen-bond donors (Lipinski definition) is 3. The summed E-state index contributed by atoms with van der Waals surface area (Å²) in [7, 11) is -1.51. The van der Waals surface area contributed by atoms with E-state index in [0.29, 0.717) is 16.7 Å². The Morgan fingerprint density at radius 1 is 1.40 bits per heavy atom. The molecule has 0 aliphatic heterocycles. The molecule has 0 aliphatic rings. The lowest BCUT2D eigenvalue weighted by Crippen LogP contribution is -2.30. The third kappa shape index (κ3) is 2.98. The topological polar surface area (TPSA) is 76.3 Å². The largest absolute Gasteiger partial charge is 0.488 e. The van der Waals surface area contributed by atoms with Crippen molar-refractivity contribution in [1.82, 2.24) is 0 Å². The average molecular weight is 204 g/mol. The minimum absolute atomic E-state index is 0.184. The van der Waals surface area contributed by atoms with Crippen LogP contribution in [0, 0.1) is 11.3 Å². The van der Waals surface area contributed by atoms with Gasteiger partial charge in [0.1, 0.15) is 6.07 Å². The Bertz CT molecular complexity index is 385. The average Bonchev–Trinajstić information content (AvgIpc) is 2.16.